The van der Waals surface area contributed by atoms with E-state index in [1.807, 2.05) is 0 Å². The van der Waals surface area contributed by atoms with Gasteiger partial charge in [-0.25, -0.2) is 0 Å². The van der Waals surface area contributed by atoms with Crippen LogP contribution in [0.3, 0.4) is 0 Å². The highest BCUT2D eigenvalue weighted by Gasteiger charge is 2.22. The molecule has 1 aliphatic heterocycles. The van der Waals surface area contributed by atoms with Crippen molar-refractivity contribution in [2.24, 2.45) is 11.7 Å². The molecule has 100 valence electrons. The molecule has 0 bridgehead atoms. The minimum Gasteiger partial charge on any atom is -0.396 e. The molecule has 3 heteroatoms. The van der Waals surface area contributed by atoms with Gasteiger partial charge in [-0.1, -0.05) is 19.1 Å². The molecule has 0 spiro atoms. The Morgan fingerprint density at radius 2 is 2.11 bits per heavy atom. The maximum Gasteiger partial charge on any atom is 0.0434 e. The van der Waals surface area contributed by atoms with E-state index in [-0.39, 0.29) is 6.04 Å². The van der Waals surface area contributed by atoms with E-state index in [2.05, 4.69) is 36.1 Å². The van der Waals surface area contributed by atoms with Crippen LogP contribution in [0.5, 0.6) is 0 Å². The third-order valence-corrected chi connectivity index (χ3v) is 3.95. The van der Waals surface area contributed by atoms with Crippen molar-refractivity contribution in [3.63, 3.8) is 0 Å². The maximum absolute atomic E-state index is 8.98. The lowest BCUT2D eigenvalue weighted by atomic mass is 10.0. The van der Waals surface area contributed by atoms with E-state index in [4.69, 9.17) is 10.8 Å². The van der Waals surface area contributed by atoms with Crippen molar-refractivity contribution in [1.29, 1.82) is 0 Å². The lowest BCUT2D eigenvalue weighted by Gasteiger charge is -2.19. The van der Waals surface area contributed by atoms with E-state index in [1.165, 1.54) is 17.7 Å². The van der Waals surface area contributed by atoms with Crippen LogP contribution in [0.2, 0.25) is 0 Å². The van der Waals surface area contributed by atoms with Gasteiger partial charge in [0.15, 0.2) is 0 Å². The molecule has 2 atom stereocenters. The van der Waals surface area contributed by atoms with Crippen molar-refractivity contribution in [3.05, 3.63) is 29.8 Å². The number of nitrogens with two attached hydrogens (primary N) is 1. The number of aliphatic hydroxyl groups is 1. The highest BCUT2D eigenvalue weighted by atomic mass is 16.3. The van der Waals surface area contributed by atoms with Gasteiger partial charge in [-0.15, -0.1) is 0 Å². The fourth-order valence-electron chi connectivity index (χ4n) is 2.65. The zero-order valence-corrected chi connectivity index (χ0v) is 11.2. The van der Waals surface area contributed by atoms with E-state index in [9.17, 15) is 0 Å². The fourth-order valence-corrected chi connectivity index (χ4v) is 2.65. The van der Waals surface area contributed by atoms with Gasteiger partial charge in [0.25, 0.3) is 0 Å². The van der Waals surface area contributed by atoms with Gasteiger partial charge in [-0.2, -0.15) is 0 Å². The molecule has 1 heterocycles. The number of hydrogen-bond donors (Lipinski definition) is 2. The number of nitrogens with zero attached hydrogens (tertiary/aromatic N) is 1. The molecular weight excluding hydrogens is 224 g/mol. The van der Waals surface area contributed by atoms with Crippen LogP contribution in [0.1, 0.15) is 37.8 Å². The first kappa shape index (κ1) is 13.4. The summed E-state index contributed by atoms with van der Waals surface area (Å²) in [6.07, 6.45) is 3.09. The summed E-state index contributed by atoms with van der Waals surface area (Å²) < 4.78 is 0. The Morgan fingerprint density at radius 3 is 2.72 bits per heavy atom. The lowest BCUT2D eigenvalue weighted by molar-refractivity contribution is 0.263. The van der Waals surface area contributed by atoms with Crippen molar-refractivity contribution in [3.8, 4) is 0 Å². The zero-order valence-electron chi connectivity index (χ0n) is 11.2. The molecule has 1 unspecified atom stereocenters. The first-order chi connectivity index (χ1) is 8.74. The van der Waals surface area contributed by atoms with Gasteiger partial charge in [0.2, 0.25) is 0 Å². The highest BCUT2D eigenvalue weighted by molar-refractivity contribution is 5.48. The second kappa shape index (κ2) is 6.21. The van der Waals surface area contributed by atoms with Gasteiger partial charge in [0.1, 0.15) is 0 Å². The SMILES string of the molecule is CC[C@H](N)c1ccc(N2CCC(CCO)C2)cc1. The molecule has 1 aromatic rings. The van der Waals surface area contributed by atoms with Crippen molar-refractivity contribution >= 4 is 5.69 Å². The van der Waals surface area contributed by atoms with Crippen LogP contribution in [0.15, 0.2) is 24.3 Å². The second-order valence-electron chi connectivity index (χ2n) is 5.22. The molecule has 2 rings (SSSR count). The molecule has 0 aliphatic carbocycles. The largest absolute Gasteiger partial charge is 0.396 e. The first-order valence-corrected chi connectivity index (χ1v) is 6.96. The standard InChI is InChI=1S/C15H24N2O/c1-2-15(16)13-3-5-14(6-4-13)17-9-7-12(11-17)8-10-18/h3-6,12,15,18H,2,7-11,16H2,1H3/t12?,15-/m0/s1. The van der Waals surface area contributed by atoms with Crippen LogP contribution >= 0.6 is 0 Å². The van der Waals surface area contributed by atoms with Crippen LogP contribution in [-0.2, 0) is 0 Å². The molecule has 1 aromatic carbocycles. The molecule has 1 saturated heterocycles. The van der Waals surface area contributed by atoms with E-state index < -0.39 is 0 Å². The van der Waals surface area contributed by atoms with Crippen LogP contribution in [0.4, 0.5) is 5.69 Å². The molecule has 0 aromatic heterocycles. The average molecular weight is 248 g/mol. The van der Waals surface area contributed by atoms with Gasteiger partial charge in [-0.05, 0) is 42.9 Å². The van der Waals surface area contributed by atoms with Gasteiger partial charge in [0.05, 0.1) is 0 Å². The molecule has 18 heavy (non-hydrogen) atoms. The number of hydrogen-bond acceptors (Lipinski definition) is 3. The van der Waals surface area contributed by atoms with Crippen molar-refractivity contribution in [2.75, 3.05) is 24.6 Å². The summed E-state index contributed by atoms with van der Waals surface area (Å²) in [6, 6.07) is 8.78. The molecule has 0 radical (unpaired) electrons. The van der Waals surface area contributed by atoms with Gasteiger partial charge in [0, 0.05) is 31.4 Å². The predicted molar refractivity (Wildman–Crippen MR) is 75.7 cm³/mol. The molecule has 1 aliphatic rings. The molecule has 0 saturated carbocycles. The Morgan fingerprint density at radius 1 is 1.39 bits per heavy atom. The molecule has 1 fully saturated rings. The molecular formula is C15H24N2O. The molecule has 3 nitrogen and oxygen atoms in total. The summed E-state index contributed by atoms with van der Waals surface area (Å²) in [5, 5.41) is 8.98. The molecule has 0 amide bonds. The Hall–Kier alpha value is -1.06. The highest BCUT2D eigenvalue weighted by Crippen LogP contribution is 2.26. The maximum atomic E-state index is 8.98. The van der Waals surface area contributed by atoms with E-state index in [0.29, 0.717) is 12.5 Å². The summed E-state index contributed by atoms with van der Waals surface area (Å²) in [7, 11) is 0. The summed E-state index contributed by atoms with van der Waals surface area (Å²) in [5.74, 6) is 0.646. The number of aliphatic hydroxyl groups excluding tert-OH is 1. The summed E-state index contributed by atoms with van der Waals surface area (Å²) in [6.45, 7) is 4.59. The van der Waals surface area contributed by atoms with Gasteiger partial charge < -0.3 is 15.7 Å². The monoisotopic (exact) mass is 248 g/mol. The zero-order chi connectivity index (χ0) is 13.0. The topological polar surface area (TPSA) is 49.5 Å². The lowest BCUT2D eigenvalue weighted by Crippen LogP contribution is -2.20. The van der Waals surface area contributed by atoms with Crippen LogP contribution in [0, 0.1) is 5.92 Å². The summed E-state index contributed by atoms with van der Waals surface area (Å²) in [5.41, 5.74) is 8.51. The first-order valence-electron chi connectivity index (χ1n) is 6.96. The minimum absolute atomic E-state index is 0.153. The quantitative estimate of drug-likeness (QED) is 0.840. The Kier molecular flexibility index (Phi) is 4.61. The minimum atomic E-state index is 0.153. The fraction of sp³-hybridized carbons (Fsp3) is 0.600. The third kappa shape index (κ3) is 3.03. The Bertz CT molecular complexity index is 363. The molecule has 3 N–H and O–H groups in total. The average Bonchev–Trinajstić information content (AvgIpc) is 2.87. The predicted octanol–water partition coefficient (Wildman–Crippen LogP) is 2.31. The van der Waals surface area contributed by atoms with E-state index in [0.717, 1.165) is 25.9 Å². The van der Waals surface area contributed by atoms with Crippen LogP contribution in [-0.4, -0.2) is 24.8 Å². The smallest absolute Gasteiger partial charge is 0.0434 e. The van der Waals surface area contributed by atoms with Crippen molar-refractivity contribution in [2.45, 2.75) is 32.2 Å². The number of anilines is 1. The summed E-state index contributed by atoms with van der Waals surface area (Å²) >= 11 is 0. The number of benzene rings is 1. The van der Waals surface area contributed by atoms with Crippen molar-refractivity contribution in [1.82, 2.24) is 0 Å². The van der Waals surface area contributed by atoms with E-state index >= 15 is 0 Å². The van der Waals surface area contributed by atoms with Crippen molar-refractivity contribution < 1.29 is 5.11 Å². The summed E-state index contributed by atoms with van der Waals surface area (Å²) in [4.78, 5) is 2.40. The van der Waals surface area contributed by atoms with E-state index in [1.54, 1.807) is 0 Å². The van der Waals surface area contributed by atoms with Crippen LogP contribution in [0.25, 0.3) is 0 Å². The Labute approximate surface area is 110 Å². The van der Waals surface area contributed by atoms with Gasteiger partial charge in [-0.3, -0.25) is 0 Å². The normalized spacial score (nSPS) is 21.3. The van der Waals surface area contributed by atoms with Crippen LogP contribution < -0.4 is 10.6 Å². The second-order valence-corrected chi connectivity index (χ2v) is 5.22. The van der Waals surface area contributed by atoms with Gasteiger partial charge >= 0.3 is 0 Å². The third-order valence-electron chi connectivity index (χ3n) is 3.95. The Balaban J connectivity index is 1.98. The number of rotatable bonds is 5.